The zero-order chi connectivity index (χ0) is 13.9. The normalized spacial score (nSPS) is 17.7. The molecule has 2 nitrogen and oxygen atoms in total. The SMILES string of the molecule is Cl.Cl.FC(F)(F)CC[C@@H](c1ccc(Cl)s1)N1CCNCC1. The molecule has 0 radical (unpaired) electrons. The van der Waals surface area contributed by atoms with Gasteiger partial charge in [-0.3, -0.25) is 4.90 Å². The van der Waals surface area contributed by atoms with Gasteiger partial charge in [-0.1, -0.05) is 11.6 Å². The van der Waals surface area contributed by atoms with Crippen LogP contribution >= 0.6 is 47.8 Å². The van der Waals surface area contributed by atoms with Crippen molar-refractivity contribution >= 4 is 47.8 Å². The molecule has 9 heteroatoms. The molecule has 2 heterocycles. The Bertz CT molecular complexity index is 409. The smallest absolute Gasteiger partial charge is 0.314 e. The number of thiophene rings is 1. The van der Waals surface area contributed by atoms with E-state index in [2.05, 4.69) is 10.2 Å². The summed E-state index contributed by atoms with van der Waals surface area (Å²) >= 11 is 7.27. The lowest BCUT2D eigenvalue weighted by Gasteiger charge is -2.34. The van der Waals surface area contributed by atoms with Gasteiger partial charge in [-0.25, -0.2) is 0 Å². The zero-order valence-electron chi connectivity index (χ0n) is 11.2. The van der Waals surface area contributed by atoms with Crippen molar-refractivity contribution in [3.05, 3.63) is 21.3 Å². The van der Waals surface area contributed by atoms with Crippen LogP contribution in [0.1, 0.15) is 23.8 Å². The van der Waals surface area contributed by atoms with Gasteiger partial charge in [-0.15, -0.1) is 36.2 Å². The van der Waals surface area contributed by atoms with E-state index in [1.54, 1.807) is 6.07 Å². The third-order valence-corrected chi connectivity index (χ3v) is 4.55. The van der Waals surface area contributed by atoms with E-state index < -0.39 is 12.6 Å². The predicted octanol–water partition coefficient (Wildman–Crippen LogP) is 4.53. The summed E-state index contributed by atoms with van der Waals surface area (Å²) in [5.74, 6) is 0. The molecule has 1 aromatic heterocycles. The van der Waals surface area contributed by atoms with Crippen LogP contribution in [0.3, 0.4) is 0 Å². The maximum absolute atomic E-state index is 12.5. The fourth-order valence-corrected chi connectivity index (χ4v) is 3.54. The molecule has 1 aliphatic rings. The third kappa shape index (κ3) is 6.93. The molecule has 1 N–H and O–H groups in total. The third-order valence-electron chi connectivity index (χ3n) is 3.22. The van der Waals surface area contributed by atoms with Crippen LogP contribution in [-0.4, -0.2) is 37.3 Å². The van der Waals surface area contributed by atoms with Crippen molar-refractivity contribution in [3.63, 3.8) is 0 Å². The average Bonchev–Trinajstić information content (AvgIpc) is 2.76. The van der Waals surface area contributed by atoms with E-state index in [-0.39, 0.29) is 37.3 Å². The van der Waals surface area contributed by atoms with Gasteiger partial charge in [0, 0.05) is 43.5 Å². The first-order valence-corrected chi connectivity index (χ1v) is 7.42. The monoisotopic (exact) mass is 384 g/mol. The molecule has 2 rings (SSSR count). The van der Waals surface area contributed by atoms with Crippen LogP contribution in [0, 0.1) is 0 Å². The molecule has 1 fully saturated rings. The molecule has 21 heavy (non-hydrogen) atoms. The van der Waals surface area contributed by atoms with E-state index in [0.717, 1.165) is 31.1 Å². The lowest BCUT2D eigenvalue weighted by Crippen LogP contribution is -2.45. The van der Waals surface area contributed by atoms with E-state index in [0.29, 0.717) is 4.34 Å². The summed E-state index contributed by atoms with van der Waals surface area (Å²) in [5, 5.41) is 3.21. The fourth-order valence-electron chi connectivity index (χ4n) is 2.31. The maximum atomic E-state index is 12.5. The van der Waals surface area contributed by atoms with Gasteiger partial charge in [0.1, 0.15) is 0 Å². The second kappa shape index (κ2) is 9.43. The van der Waals surface area contributed by atoms with Gasteiger partial charge in [0.2, 0.25) is 0 Å². The summed E-state index contributed by atoms with van der Waals surface area (Å²) in [6.45, 7) is 3.19. The first-order chi connectivity index (χ1) is 8.96. The van der Waals surface area contributed by atoms with Gasteiger partial charge in [-0.05, 0) is 18.6 Å². The van der Waals surface area contributed by atoms with Crippen LogP contribution in [0.4, 0.5) is 13.2 Å². The van der Waals surface area contributed by atoms with Crippen molar-refractivity contribution in [1.82, 2.24) is 10.2 Å². The van der Waals surface area contributed by atoms with E-state index in [9.17, 15) is 13.2 Å². The minimum Gasteiger partial charge on any atom is -0.314 e. The van der Waals surface area contributed by atoms with Crippen molar-refractivity contribution in [2.45, 2.75) is 25.1 Å². The number of nitrogens with zero attached hydrogens (tertiary/aromatic N) is 1. The van der Waals surface area contributed by atoms with E-state index >= 15 is 0 Å². The van der Waals surface area contributed by atoms with Crippen molar-refractivity contribution in [2.24, 2.45) is 0 Å². The molecule has 0 saturated carbocycles. The van der Waals surface area contributed by atoms with Crippen LogP contribution in [-0.2, 0) is 0 Å². The van der Waals surface area contributed by atoms with E-state index in [1.807, 2.05) is 6.07 Å². The molecule has 0 amide bonds. The molecule has 0 spiro atoms. The summed E-state index contributed by atoms with van der Waals surface area (Å²) in [4.78, 5) is 3.04. The molecule has 0 aliphatic carbocycles. The standard InChI is InChI=1S/C12H16ClF3N2S.2ClH/c13-11-2-1-10(19-11)9(3-4-12(14,15)16)18-7-5-17-6-8-18;;/h1-2,9,17H,3-8H2;2*1H/t9-;;/m0../s1. The summed E-state index contributed by atoms with van der Waals surface area (Å²) in [6.07, 6.45) is -4.76. The zero-order valence-corrected chi connectivity index (χ0v) is 14.4. The minimum absolute atomic E-state index is 0. The van der Waals surface area contributed by atoms with Gasteiger partial charge in [0.05, 0.1) is 4.34 Å². The van der Waals surface area contributed by atoms with Crippen molar-refractivity contribution < 1.29 is 13.2 Å². The number of halogens is 6. The van der Waals surface area contributed by atoms with E-state index in [1.165, 1.54) is 11.3 Å². The van der Waals surface area contributed by atoms with Crippen LogP contribution < -0.4 is 5.32 Å². The Kier molecular flexibility index (Phi) is 9.55. The molecule has 1 atom stereocenters. The molecule has 1 saturated heterocycles. The second-order valence-electron chi connectivity index (χ2n) is 4.60. The number of rotatable bonds is 4. The Hall–Kier alpha value is 0.280. The predicted molar refractivity (Wildman–Crippen MR) is 86.3 cm³/mol. The topological polar surface area (TPSA) is 15.3 Å². The average molecular weight is 386 g/mol. The molecular formula is C12H18Cl3F3N2S. The van der Waals surface area contributed by atoms with Gasteiger partial charge >= 0.3 is 6.18 Å². The Morgan fingerprint density at radius 3 is 2.33 bits per heavy atom. The largest absolute Gasteiger partial charge is 0.389 e. The van der Waals surface area contributed by atoms with Crippen molar-refractivity contribution in [3.8, 4) is 0 Å². The first kappa shape index (κ1) is 21.3. The minimum atomic E-state index is -4.10. The molecule has 1 aliphatic heterocycles. The number of alkyl halides is 3. The first-order valence-electron chi connectivity index (χ1n) is 6.22. The number of hydrogen-bond acceptors (Lipinski definition) is 3. The van der Waals surface area contributed by atoms with Crippen LogP contribution in [0.5, 0.6) is 0 Å². The molecular weight excluding hydrogens is 368 g/mol. The van der Waals surface area contributed by atoms with Gasteiger partial charge in [0.25, 0.3) is 0 Å². The lowest BCUT2D eigenvalue weighted by molar-refractivity contribution is -0.138. The Morgan fingerprint density at radius 2 is 1.86 bits per heavy atom. The highest BCUT2D eigenvalue weighted by atomic mass is 35.5. The second-order valence-corrected chi connectivity index (χ2v) is 6.34. The van der Waals surface area contributed by atoms with E-state index in [4.69, 9.17) is 11.6 Å². The number of nitrogens with one attached hydrogen (secondary N) is 1. The summed E-state index contributed by atoms with van der Waals surface area (Å²) in [6, 6.07) is 3.42. The molecule has 0 aromatic carbocycles. The maximum Gasteiger partial charge on any atom is 0.389 e. The fraction of sp³-hybridized carbons (Fsp3) is 0.667. The van der Waals surface area contributed by atoms with Gasteiger partial charge in [0.15, 0.2) is 0 Å². The Labute approximate surface area is 143 Å². The van der Waals surface area contributed by atoms with Crippen LogP contribution in [0.15, 0.2) is 12.1 Å². The van der Waals surface area contributed by atoms with Gasteiger partial charge in [-0.2, -0.15) is 13.2 Å². The molecule has 124 valence electrons. The summed E-state index contributed by atoms with van der Waals surface area (Å²) in [7, 11) is 0. The van der Waals surface area contributed by atoms with Crippen molar-refractivity contribution in [2.75, 3.05) is 26.2 Å². The molecule has 1 aromatic rings. The highest BCUT2D eigenvalue weighted by molar-refractivity contribution is 7.16. The Balaban J connectivity index is 0.00000200. The molecule has 0 unspecified atom stereocenters. The quantitative estimate of drug-likeness (QED) is 0.819. The lowest BCUT2D eigenvalue weighted by atomic mass is 10.1. The van der Waals surface area contributed by atoms with Crippen LogP contribution in [0.25, 0.3) is 0 Å². The Morgan fingerprint density at radius 1 is 1.24 bits per heavy atom. The van der Waals surface area contributed by atoms with Crippen LogP contribution in [0.2, 0.25) is 4.34 Å². The summed E-state index contributed by atoms with van der Waals surface area (Å²) < 4.78 is 38.0. The number of hydrogen-bond donors (Lipinski definition) is 1. The molecule has 0 bridgehead atoms. The highest BCUT2D eigenvalue weighted by Crippen LogP contribution is 2.36. The van der Waals surface area contributed by atoms with Gasteiger partial charge < -0.3 is 5.32 Å². The summed E-state index contributed by atoms with van der Waals surface area (Å²) in [5.41, 5.74) is 0. The van der Waals surface area contributed by atoms with Crippen molar-refractivity contribution in [1.29, 1.82) is 0 Å². The number of piperazine rings is 1. The highest BCUT2D eigenvalue weighted by Gasteiger charge is 2.31.